The Morgan fingerprint density at radius 3 is 1.38 bits per heavy atom. The van der Waals surface area contributed by atoms with Crippen molar-refractivity contribution in [2.45, 2.75) is 0 Å². The van der Waals surface area contributed by atoms with Gasteiger partial charge in [0.15, 0.2) is 0 Å². The Balaban J connectivity index is 1.14. The summed E-state index contributed by atoms with van der Waals surface area (Å²) in [7, 11) is 0. The van der Waals surface area contributed by atoms with Crippen LogP contribution in [0, 0.1) is 0 Å². The van der Waals surface area contributed by atoms with E-state index in [-0.39, 0.29) is 13.4 Å². The van der Waals surface area contributed by atoms with E-state index in [1.807, 2.05) is 24.8 Å². The largest absolute Gasteiger partial charge is 0.311 e. The number of fused-ring (bicyclic) bond motifs is 8. The van der Waals surface area contributed by atoms with Crippen LogP contribution < -0.4 is 52.4 Å². The van der Waals surface area contributed by atoms with Gasteiger partial charge in [-0.2, -0.15) is 0 Å². The molecular formula is C50H32B2N8. The van der Waals surface area contributed by atoms with Crippen molar-refractivity contribution in [1.82, 2.24) is 19.9 Å². The molecule has 0 amide bonds. The molecule has 60 heavy (non-hydrogen) atoms. The van der Waals surface area contributed by atoms with Gasteiger partial charge in [-0.3, -0.25) is 14.8 Å². The molecule has 4 aliphatic rings. The van der Waals surface area contributed by atoms with Crippen molar-refractivity contribution in [3.63, 3.8) is 0 Å². The Labute approximate surface area is 347 Å². The molecule has 0 aliphatic carbocycles. The first-order valence-corrected chi connectivity index (χ1v) is 20.3. The van der Waals surface area contributed by atoms with Crippen LogP contribution in [0.2, 0.25) is 0 Å². The van der Waals surface area contributed by atoms with Gasteiger partial charge in [-0.05, 0) is 112 Å². The Morgan fingerprint density at radius 1 is 0.317 bits per heavy atom. The van der Waals surface area contributed by atoms with E-state index in [0.29, 0.717) is 0 Å². The predicted molar refractivity (Wildman–Crippen MR) is 246 cm³/mol. The molecule has 0 saturated carbocycles. The van der Waals surface area contributed by atoms with Crippen LogP contribution >= 0.6 is 0 Å². The van der Waals surface area contributed by atoms with Gasteiger partial charge in [-0.25, -0.2) is 15.0 Å². The quantitative estimate of drug-likeness (QED) is 0.172. The van der Waals surface area contributed by atoms with Gasteiger partial charge in [0.25, 0.3) is 13.4 Å². The zero-order valence-corrected chi connectivity index (χ0v) is 32.2. The first kappa shape index (κ1) is 33.0. The molecule has 0 fully saturated rings. The maximum atomic E-state index is 5.26. The fourth-order valence-electron chi connectivity index (χ4n) is 10.1. The van der Waals surface area contributed by atoms with Crippen LogP contribution in [0.5, 0.6) is 0 Å². The fourth-order valence-corrected chi connectivity index (χ4v) is 10.1. The summed E-state index contributed by atoms with van der Waals surface area (Å²) < 4.78 is 0. The molecule has 9 aromatic rings. The van der Waals surface area contributed by atoms with Crippen LogP contribution in [0.1, 0.15) is 0 Å². The van der Waals surface area contributed by atoms with Gasteiger partial charge in [0.1, 0.15) is 17.5 Å². The number of hydrogen-bond donors (Lipinski definition) is 0. The highest BCUT2D eigenvalue weighted by Crippen LogP contribution is 2.47. The van der Waals surface area contributed by atoms with Crippen LogP contribution in [0.4, 0.5) is 68.6 Å². The Hall–Kier alpha value is -7.97. The third kappa shape index (κ3) is 4.58. The molecular weight excluding hydrogens is 734 g/mol. The summed E-state index contributed by atoms with van der Waals surface area (Å²) >= 11 is 0. The molecule has 13 rings (SSSR count). The monoisotopic (exact) mass is 766 g/mol. The molecule has 0 radical (unpaired) electrons. The highest BCUT2D eigenvalue weighted by molar-refractivity contribution is 7.03. The van der Waals surface area contributed by atoms with E-state index in [1.54, 1.807) is 0 Å². The molecule has 0 atom stereocenters. The first-order valence-electron chi connectivity index (χ1n) is 20.3. The highest BCUT2D eigenvalue weighted by atomic mass is 15.3. The topological polar surface area (TPSA) is 64.5 Å². The lowest BCUT2D eigenvalue weighted by atomic mass is 9.30. The summed E-state index contributed by atoms with van der Waals surface area (Å²) in [5.74, 6) is 2.68. The van der Waals surface area contributed by atoms with Gasteiger partial charge in [-0.15, -0.1) is 0 Å². The molecule has 0 N–H and O–H groups in total. The van der Waals surface area contributed by atoms with Gasteiger partial charge in [0.05, 0.1) is 0 Å². The second-order valence-electron chi connectivity index (χ2n) is 15.5. The highest BCUT2D eigenvalue weighted by Gasteiger charge is 2.49. The van der Waals surface area contributed by atoms with Crippen LogP contribution in [0.25, 0.3) is 0 Å². The summed E-state index contributed by atoms with van der Waals surface area (Å²) in [5, 5.41) is 0. The van der Waals surface area contributed by atoms with E-state index >= 15 is 0 Å². The van der Waals surface area contributed by atoms with Crippen molar-refractivity contribution in [1.29, 1.82) is 0 Å². The second kappa shape index (κ2) is 12.8. The Bertz CT molecular complexity index is 2940. The molecule has 5 aromatic carbocycles. The van der Waals surface area contributed by atoms with Gasteiger partial charge in [0, 0.05) is 82.2 Å². The molecule has 10 heteroatoms. The molecule has 4 aromatic heterocycles. The smallest absolute Gasteiger partial charge is 0.256 e. The third-order valence-corrected chi connectivity index (χ3v) is 12.4. The third-order valence-electron chi connectivity index (χ3n) is 12.4. The summed E-state index contributed by atoms with van der Waals surface area (Å²) in [6.07, 6.45) is 9.75. The van der Waals surface area contributed by atoms with E-state index in [9.17, 15) is 0 Å². The van der Waals surface area contributed by atoms with E-state index in [2.05, 4.69) is 190 Å². The maximum absolute atomic E-state index is 5.26. The van der Waals surface area contributed by atoms with Crippen LogP contribution in [0.3, 0.4) is 0 Å². The molecule has 0 spiro atoms. The predicted octanol–water partition coefficient (Wildman–Crippen LogP) is 7.43. The molecule has 4 aliphatic heterocycles. The van der Waals surface area contributed by atoms with Crippen LogP contribution in [-0.4, -0.2) is 33.4 Å². The lowest BCUT2D eigenvalue weighted by Crippen LogP contribution is -2.65. The van der Waals surface area contributed by atoms with E-state index in [1.165, 1.54) is 10.9 Å². The van der Waals surface area contributed by atoms with Crippen molar-refractivity contribution in [2.24, 2.45) is 0 Å². The number of aromatic nitrogens is 4. The molecule has 0 unspecified atom stereocenters. The average molecular weight is 766 g/mol. The summed E-state index contributed by atoms with van der Waals surface area (Å²) in [4.78, 5) is 29.7. The van der Waals surface area contributed by atoms with Crippen LogP contribution in [0.15, 0.2) is 195 Å². The van der Waals surface area contributed by atoms with Crippen molar-refractivity contribution in [3.05, 3.63) is 195 Å². The number of rotatable bonds is 4. The molecule has 8 heterocycles. The van der Waals surface area contributed by atoms with Crippen LogP contribution in [-0.2, 0) is 0 Å². The lowest BCUT2D eigenvalue weighted by Gasteiger charge is -2.46. The Kier molecular flexibility index (Phi) is 7.03. The summed E-state index contributed by atoms with van der Waals surface area (Å²) in [5.41, 5.74) is 16.7. The minimum Gasteiger partial charge on any atom is -0.311 e. The number of anilines is 12. The van der Waals surface area contributed by atoms with Gasteiger partial charge < -0.3 is 9.80 Å². The molecule has 0 saturated heterocycles. The number of benzene rings is 5. The molecule has 278 valence electrons. The minimum atomic E-state index is -0.148. The normalized spacial score (nSPS) is 13.8. The zero-order valence-electron chi connectivity index (χ0n) is 32.2. The Morgan fingerprint density at radius 2 is 0.783 bits per heavy atom. The van der Waals surface area contributed by atoms with Crippen molar-refractivity contribution >= 4 is 115 Å². The minimum absolute atomic E-state index is 0.148. The summed E-state index contributed by atoms with van der Waals surface area (Å²) in [6.45, 7) is -0.296. The SMILES string of the molecule is c1ccc(N2c3ccncc3B3c4cc5c(cc4N(c4ccccc4)c4nccc2c43)N(c2ccccc2)c2ccnc3c2B5c2cccnc2N3c2ccccc2)cc1. The number of pyridine rings is 4. The number of hydrogen-bond acceptors (Lipinski definition) is 8. The van der Waals surface area contributed by atoms with Gasteiger partial charge in [-0.1, -0.05) is 84.9 Å². The van der Waals surface area contributed by atoms with Crippen molar-refractivity contribution < 1.29 is 0 Å². The zero-order chi connectivity index (χ0) is 39.3. The van der Waals surface area contributed by atoms with Gasteiger partial charge >= 0.3 is 0 Å². The van der Waals surface area contributed by atoms with E-state index in [4.69, 9.17) is 19.9 Å². The number of para-hydroxylation sites is 4. The first-order chi connectivity index (χ1) is 29.8. The standard InChI is InChI=1S/C50H32B2N8/c1-5-14-33(15-6-1)57-41-23-27-53-32-40(41)52-39-30-38-44(31-45(39)59(35-18-9-3-10-19-35)49-46(52)42(57)24-28-55-49)58(34-16-7-2-8-17-34)43-25-29-56-50-47(43)51(38)37-22-13-26-54-48(37)60(50)36-20-11-4-12-21-36/h1-32H. The summed E-state index contributed by atoms with van der Waals surface area (Å²) in [6, 6.07) is 58.1. The molecule has 0 bridgehead atoms. The number of nitrogens with zero attached hydrogens (tertiary/aromatic N) is 8. The average Bonchev–Trinajstić information content (AvgIpc) is 3.32. The van der Waals surface area contributed by atoms with E-state index < -0.39 is 0 Å². The second-order valence-corrected chi connectivity index (χ2v) is 15.5. The maximum Gasteiger partial charge on any atom is 0.256 e. The van der Waals surface area contributed by atoms with Crippen molar-refractivity contribution in [3.8, 4) is 0 Å². The fraction of sp³-hybridized carbons (Fsp3) is 0. The van der Waals surface area contributed by atoms with Gasteiger partial charge in [0.2, 0.25) is 0 Å². The lowest BCUT2D eigenvalue weighted by molar-refractivity contribution is 1.12. The van der Waals surface area contributed by atoms with Crippen molar-refractivity contribution in [2.75, 3.05) is 19.6 Å². The van der Waals surface area contributed by atoms with E-state index in [0.717, 1.165) is 90.5 Å². The molecule has 8 nitrogen and oxygen atoms in total.